The Hall–Kier alpha value is -1.90. The molecule has 1 amide bonds. The Balaban J connectivity index is 2.02. The van der Waals surface area contributed by atoms with E-state index < -0.39 is 0 Å². The van der Waals surface area contributed by atoms with Crippen LogP contribution in [0.25, 0.3) is 0 Å². The van der Waals surface area contributed by atoms with Gasteiger partial charge in [0.1, 0.15) is 0 Å². The fourth-order valence-corrected chi connectivity index (χ4v) is 2.79. The van der Waals surface area contributed by atoms with Crippen molar-refractivity contribution in [2.75, 3.05) is 26.7 Å². The first-order chi connectivity index (χ1) is 10.5. The Morgan fingerprint density at radius 2 is 2.09 bits per heavy atom. The maximum absolute atomic E-state index is 12.6. The third-order valence-electron chi connectivity index (χ3n) is 4.16. The average molecular weight is 301 g/mol. The van der Waals surface area contributed by atoms with Crippen molar-refractivity contribution in [2.24, 2.45) is 0 Å². The quantitative estimate of drug-likeness (QED) is 0.864. The highest BCUT2D eigenvalue weighted by atomic mass is 16.3. The normalized spacial score (nSPS) is 16.6. The molecule has 1 aliphatic heterocycles. The number of nitriles is 1. The minimum atomic E-state index is -0.221. The van der Waals surface area contributed by atoms with Crippen LogP contribution in [0.15, 0.2) is 24.3 Å². The number of carbonyl (C=O) groups is 1. The Bertz CT molecular complexity index is 544. The number of aliphatic hydroxyl groups excluding tert-OH is 1. The molecule has 1 heterocycles. The molecule has 1 fully saturated rings. The van der Waals surface area contributed by atoms with Crippen molar-refractivity contribution in [2.45, 2.75) is 31.9 Å². The fourth-order valence-electron chi connectivity index (χ4n) is 2.79. The molecule has 0 radical (unpaired) electrons. The van der Waals surface area contributed by atoms with E-state index in [1.807, 2.05) is 7.05 Å². The number of hydrogen-bond acceptors (Lipinski definition) is 4. The standard InChI is InChI=1S/C17H23N3O2/c1-3-4-15(10-20-11-16(21)12-20)19(2)17(22)14-7-5-13(9-18)6-8-14/h5-8,15-16,21H,3-4,10-12H2,1-2H3. The third-order valence-corrected chi connectivity index (χ3v) is 4.16. The molecule has 1 unspecified atom stereocenters. The molecular weight excluding hydrogens is 278 g/mol. The lowest BCUT2D eigenvalue weighted by molar-refractivity contribution is -0.0113. The van der Waals surface area contributed by atoms with Crippen LogP contribution >= 0.6 is 0 Å². The molecule has 1 N–H and O–H groups in total. The minimum absolute atomic E-state index is 0.0241. The van der Waals surface area contributed by atoms with E-state index in [0.29, 0.717) is 24.2 Å². The van der Waals surface area contributed by atoms with Crippen molar-refractivity contribution in [1.29, 1.82) is 5.26 Å². The van der Waals surface area contributed by atoms with Gasteiger partial charge in [-0.2, -0.15) is 5.26 Å². The van der Waals surface area contributed by atoms with Crippen LogP contribution in [0.2, 0.25) is 0 Å². The predicted octanol–water partition coefficient (Wildman–Crippen LogP) is 1.48. The average Bonchev–Trinajstić information content (AvgIpc) is 2.51. The maximum Gasteiger partial charge on any atom is 0.253 e. The molecule has 1 aromatic carbocycles. The SMILES string of the molecule is CCCC(CN1CC(O)C1)N(C)C(=O)c1ccc(C#N)cc1. The molecule has 1 atom stereocenters. The first-order valence-corrected chi connectivity index (χ1v) is 7.73. The van der Waals surface area contributed by atoms with Crippen molar-refractivity contribution in [3.05, 3.63) is 35.4 Å². The van der Waals surface area contributed by atoms with Crippen LogP contribution in [0.5, 0.6) is 0 Å². The van der Waals surface area contributed by atoms with Crippen molar-refractivity contribution in [3.8, 4) is 6.07 Å². The van der Waals surface area contributed by atoms with Gasteiger partial charge in [-0.15, -0.1) is 0 Å². The number of nitrogens with zero attached hydrogens (tertiary/aromatic N) is 3. The highest BCUT2D eigenvalue weighted by Crippen LogP contribution is 2.16. The van der Waals surface area contributed by atoms with Gasteiger partial charge in [-0.05, 0) is 30.7 Å². The summed E-state index contributed by atoms with van der Waals surface area (Å²) >= 11 is 0. The summed E-state index contributed by atoms with van der Waals surface area (Å²) in [7, 11) is 1.83. The molecule has 1 aromatic rings. The Morgan fingerprint density at radius 1 is 1.45 bits per heavy atom. The molecule has 0 bridgehead atoms. The van der Waals surface area contributed by atoms with Gasteiger partial charge >= 0.3 is 0 Å². The Morgan fingerprint density at radius 3 is 2.59 bits per heavy atom. The smallest absolute Gasteiger partial charge is 0.253 e. The van der Waals surface area contributed by atoms with Gasteiger partial charge in [0, 0.05) is 38.3 Å². The van der Waals surface area contributed by atoms with E-state index in [0.717, 1.165) is 19.4 Å². The summed E-state index contributed by atoms with van der Waals surface area (Å²) in [5.41, 5.74) is 1.16. The van der Waals surface area contributed by atoms with Gasteiger partial charge in [0.2, 0.25) is 0 Å². The van der Waals surface area contributed by atoms with Crippen LogP contribution < -0.4 is 0 Å². The van der Waals surface area contributed by atoms with Gasteiger partial charge in [-0.1, -0.05) is 13.3 Å². The maximum atomic E-state index is 12.6. The third kappa shape index (κ3) is 3.85. The van der Waals surface area contributed by atoms with E-state index in [4.69, 9.17) is 5.26 Å². The number of β-amino-alcohol motifs (C(OH)–C–C–N with tert-alkyl or cyclic N) is 1. The second-order valence-electron chi connectivity index (χ2n) is 5.92. The molecule has 0 aliphatic carbocycles. The Labute approximate surface area is 131 Å². The van der Waals surface area contributed by atoms with Gasteiger partial charge in [-0.25, -0.2) is 0 Å². The molecular formula is C17H23N3O2. The van der Waals surface area contributed by atoms with Crippen LogP contribution in [0.1, 0.15) is 35.7 Å². The van der Waals surface area contributed by atoms with Gasteiger partial charge in [0.05, 0.1) is 17.7 Å². The number of likely N-dealkylation sites (tertiary alicyclic amines) is 1. The molecule has 1 aliphatic rings. The van der Waals surface area contributed by atoms with Gasteiger partial charge < -0.3 is 10.0 Å². The number of carbonyl (C=O) groups excluding carboxylic acids is 1. The van der Waals surface area contributed by atoms with Crippen LogP contribution in [-0.2, 0) is 0 Å². The number of benzene rings is 1. The molecule has 5 nitrogen and oxygen atoms in total. The summed E-state index contributed by atoms with van der Waals surface area (Å²) in [6.07, 6.45) is 1.72. The zero-order chi connectivity index (χ0) is 16.1. The summed E-state index contributed by atoms with van der Waals surface area (Å²) in [4.78, 5) is 16.5. The van der Waals surface area contributed by atoms with Gasteiger partial charge in [0.25, 0.3) is 5.91 Å². The van der Waals surface area contributed by atoms with Crippen molar-refractivity contribution >= 4 is 5.91 Å². The topological polar surface area (TPSA) is 67.6 Å². The fraction of sp³-hybridized carbons (Fsp3) is 0.529. The second kappa shape index (κ2) is 7.39. The predicted molar refractivity (Wildman–Crippen MR) is 84.4 cm³/mol. The summed E-state index contributed by atoms with van der Waals surface area (Å²) < 4.78 is 0. The van der Waals surface area contributed by atoms with Crippen LogP contribution in [0.3, 0.4) is 0 Å². The lowest BCUT2D eigenvalue weighted by atomic mass is 10.0. The van der Waals surface area contributed by atoms with Crippen LogP contribution in [-0.4, -0.2) is 59.6 Å². The zero-order valence-corrected chi connectivity index (χ0v) is 13.2. The van der Waals surface area contributed by atoms with Crippen molar-refractivity contribution < 1.29 is 9.90 Å². The summed E-state index contributed by atoms with van der Waals surface area (Å²) in [6, 6.07) is 8.94. The van der Waals surface area contributed by atoms with Crippen LogP contribution in [0, 0.1) is 11.3 Å². The lowest BCUT2D eigenvalue weighted by Gasteiger charge is -2.40. The van der Waals surface area contributed by atoms with Crippen molar-refractivity contribution in [3.63, 3.8) is 0 Å². The van der Waals surface area contributed by atoms with E-state index in [-0.39, 0.29) is 18.1 Å². The summed E-state index contributed by atoms with van der Waals surface area (Å²) in [5.74, 6) is -0.0241. The van der Waals surface area contributed by atoms with E-state index in [9.17, 15) is 9.90 Å². The number of rotatable bonds is 6. The molecule has 118 valence electrons. The van der Waals surface area contributed by atoms with Crippen molar-refractivity contribution in [1.82, 2.24) is 9.80 Å². The second-order valence-corrected chi connectivity index (χ2v) is 5.92. The number of hydrogen-bond donors (Lipinski definition) is 1. The lowest BCUT2D eigenvalue weighted by Crippen LogP contribution is -2.55. The highest BCUT2D eigenvalue weighted by Gasteiger charge is 2.29. The molecule has 0 spiro atoms. The number of amides is 1. The van der Waals surface area contributed by atoms with Crippen LogP contribution in [0.4, 0.5) is 0 Å². The number of aliphatic hydroxyl groups is 1. The van der Waals surface area contributed by atoms with Gasteiger partial charge in [-0.3, -0.25) is 9.69 Å². The van der Waals surface area contributed by atoms with E-state index >= 15 is 0 Å². The molecule has 5 heteroatoms. The van der Waals surface area contributed by atoms with E-state index in [1.54, 1.807) is 29.2 Å². The molecule has 0 aromatic heterocycles. The molecule has 0 saturated carbocycles. The molecule has 1 saturated heterocycles. The number of likely N-dealkylation sites (N-methyl/N-ethyl adjacent to an activating group) is 1. The summed E-state index contributed by atoms with van der Waals surface area (Å²) in [5, 5.41) is 18.2. The molecule has 2 rings (SSSR count). The first-order valence-electron chi connectivity index (χ1n) is 7.73. The van der Waals surface area contributed by atoms with E-state index in [1.165, 1.54) is 0 Å². The monoisotopic (exact) mass is 301 g/mol. The van der Waals surface area contributed by atoms with E-state index in [2.05, 4.69) is 17.9 Å². The minimum Gasteiger partial charge on any atom is -0.390 e. The zero-order valence-electron chi connectivity index (χ0n) is 13.2. The van der Waals surface area contributed by atoms with Gasteiger partial charge in [0.15, 0.2) is 0 Å². The largest absolute Gasteiger partial charge is 0.390 e. The molecule has 22 heavy (non-hydrogen) atoms. The Kier molecular flexibility index (Phi) is 5.53. The highest BCUT2D eigenvalue weighted by molar-refractivity contribution is 5.94. The summed E-state index contributed by atoms with van der Waals surface area (Å²) in [6.45, 7) is 4.29. The first kappa shape index (κ1) is 16.5.